The third kappa shape index (κ3) is 2.07. The van der Waals surface area contributed by atoms with Crippen molar-refractivity contribution in [2.24, 2.45) is 0 Å². The molecule has 0 bridgehead atoms. The maximum absolute atomic E-state index is 13.4. The highest BCUT2D eigenvalue weighted by Crippen LogP contribution is 2.30. The van der Waals surface area contributed by atoms with Gasteiger partial charge < -0.3 is 5.11 Å². The summed E-state index contributed by atoms with van der Waals surface area (Å²) in [4.78, 5) is 0. The van der Waals surface area contributed by atoms with Crippen LogP contribution >= 0.6 is 11.6 Å². The van der Waals surface area contributed by atoms with Gasteiger partial charge in [-0.3, -0.25) is 0 Å². The van der Waals surface area contributed by atoms with Crippen LogP contribution in [-0.2, 0) is 6.42 Å². The summed E-state index contributed by atoms with van der Waals surface area (Å²) in [7, 11) is 0. The van der Waals surface area contributed by atoms with Crippen LogP contribution in [0, 0.1) is 5.82 Å². The van der Waals surface area contributed by atoms with E-state index in [0.29, 0.717) is 11.4 Å². The molecule has 1 unspecified atom stereocenters. The van der Waals surface area contributed by atoms with E-state index in [4.69, 9.17) is 11.6 Å². The predicted octanol–water partition coefficient (Wildman–Crippen LogP) is 3.48. The van der Waals surface area contributed by atoms with E-state index in [9.17, 15) is 9.50 Å². The molecule has 0 amide bonds. The fourth-order valence-electron chi connectivity index (χ4n) is 1.40. The van der Waals surface area contributed by atoms with Crippen LogP contribution in [0.3, 0.4) is 0 Å². The Labute approximate surface area is 88.5 Å². The first-order chi connectivity index (χ1) is 6.61. The molecule has 0 heterocycles. The van der Waals surface area contributed by atoms with E-state index in [0.717, 1.165) is 12.0 Å². The van der Waals surface area contributed by atoms with Gasteiger partial charge in [-0.15, -0.1) is 0 Å². The molecule has 0 saturated heterocycles. The van der Waals surface area contributed by atoms with Gasteiger partial charge in [-0.05, 0) is 24.5 Å². The van der Waals surface area contributed by atoms with Gasteiger partial charge in [-0.1, -0.05) is 31.5 Å². The first kappa shape index (κ1) is 11.5. The molecule has 0 aliphatic rings. The van der Waals surface area contributed by atoms with E-state index in [1.54, 1.807) is 13.0 Å². The Morgan fingerprint density at radius 2 is 2.07 bits per heavy atom. The maximum atomic E-state index is 13.4. The highest BCUT2D eigenvalue weighted by molar-refractivity contribution is 6.32. The smallest absolute Gasteiger partial charge is 0.130 e. The van der Waals surface area contributed by atoms with Crippen molar-refractivity contribution < 1.29 is 9.50 Å². The number of halogens is 2. The zero-order valence-electron chi connectivity index (χ0n) is 8.35. The van der Waals surface area contributed by atoms with Crippen molar-refractivity contribution in [1.29, 1.82) is 0 Å². The molecular weight excluding hydrogens is 203 g/mol. The second-order valence-electron chi connectivity index (χ2n) is 3.21. The van der Waals surface area contributed by atoms with Gasteiger partial charge in [0, 0.05) is 5.56 Å². The topological polar surface area (TPSA) is 20.2 Å². The Bertz CT molecular complexity index is 325. The lowest BCUT2D eigenvalue weighted by Gasteiger charge is -2.13. The van der Waals surface area contributed by atoms with E-state index in [2.05, 4.69) is 0 Å². The molecular formula is C11H14ClFO. The summed E-state index contributed by atoms with van der Waals surface area (Å²) in [5.41, 5.74) is 1.10. The van der Waals surface area contributed by atoms with E-state index < -0.39 is 11.9 Å². The van der Waals surface area contributed by atoms with Gasteiger partial charge >= 0.3 is 0 Å². The van der Waals surface area contributed by atoms with Crippen molar-refractivity contribution in [3.05, 3.63) is 34.1 Å². The molecule has 1 aromatic carbocycles. The van der Waals surface area contributed by atoms with Crippen LogP contribution in [-0.4, -0.2) is 5.11 Å². The van der Waals surface area contributed by atoms with Gasteiger partial charge in [0.1, 0.15) is 5.82 Å². The zero-order chi connectivity index (χ0) is 10.7. The summed E-state index contributed by atoms with van der Waals surface area (Å²) < 4.78 is 13.4. The van der Waals surface area contributed by atoms with Gasteiger partial charge in [0.25, 0.3) is 0 Å². The first-order valence-electron chi connectivity index (χ1n) is 4.76. The highest BCUT2D eigenvalue weighted by Gasteiger charge is 2.17. The molecule has 1 rings (SSSR count). The number of aliphatic hydroxyl groups excluding tert-OH is 1. The standard InChI is InChI=1S/C11H14ClFO/c1-3-7-5-6-8(13)10(11(7)12)9(14)4-2/h5-6,9,14H,3-4H2,1-2H3. The van der Waals surface area contributed by atoms with Crippen LogP contribution < -0.4 is 0 Å². The minimum atomic E-state index is -0.811. The molecule has 0 aliphatic carbocycles. The van der Waals surface area contributed by atoms with E-state index in [1.807, 2.05) is 6.92 Å². The Morgan fingerprint density at radius 3 is 2.57 bits per heavy atom. The number of hydrogen-bond donors (Lipinski definition) is 1. The fourth-order valence-corrected chi connectivity index (χ4v) is 1.81. The van der Waals surface area contributed by atoms with Crippen LogP contribution in [0.15, 0.2) is 12.1 Å². The lowest BCUT2D eigenvalue weighted by atomic mass is 10.0. The minimum absolute atomic E-state index is 0.230. The summed E-state index contributed by atoms with van der Waals surface area (Å²) in [6.07, 6.45) is 0.390. The van der Waals surface area contributed by atoms with Crippen molar-refractivity contribution in [2.75, 3.05) is 0 Å². The zero-order valence-corrected chi connectivity index (χ0v) is 9.11. The van der Waals surface area contributed by atoms with Crippen molar-refractivity contribution in [3.8, 4) is 0 Å². The average Bonchev–Trinajstić information content (AvgIpc) is 2.18. The number of aliphatic hydroxyl groups is 1. The van der Waals surface area contributed by atoms with E-state index in [-0.39, 0.29) is 5.56 Å². The SMILES string of the molecule is CCc1ccc(F)c(C(O)CC)c1Cl. The molecule has 78 valence electrons. The quantitative estimate of drug-likeness (QED) is 0.820. The highest BCUT2D eigenvalue weighted by atomic mass is 35.5. The Morgan fingerprint density at radius 1 is 1.43 bits per heavy atom. The largest absolute Gasteiger partial charge is 0.388 e. The first-order valence-corrected chi connectivity index (χ1v) is 5.14. The number of rotatable bonds is 3. The van der Waals surface area contributed by atoms with Crippen LogP contribution in [0.1, 0.15) is 37.5 Å². The van der Waals surface area contributed by atoms with Gasteiger partial charge in [-0.2, -0.15) is 0 Å². The van der Waals surface area contributed by atoms with Crippen molar-refractivity contribution in [1.82, 2.24) is 0 Å². The van der Waals surface area contributed by atoms with Crippen molar-refractivity contribution in [2.45, 2.75) is 32.8 Å². The van der Waals surface area contributed by atoms with Crippen molar-refractivity contribution in [3.63, 3.8) is 0 Å². The lowest BCUT2D eigenvalue weighted by molar-refractivity contribution is 0.169. The molecule has 0 fully saturated rings. The van der Waals surface area contributed by atoms with Gasteiger partial charge in [-0.25, -0.2) is 4.39 Å². The molecule has 1 atom stereocenters. The summed E-state index contributed by atoms with van der Waals surface area (Å²) in [5, 5.41) is 9.95. The van der Waals surface area contributed by atoms with Crippen LogP contribution in [0.2, 0.25) is 5.02 Å². The van der Waals surface area contributed by atoms with Crippen LogP contribution in [0.25, 0.3) is 0 Å². The molecule has 0 radical (unpaired) electrons. The Balaban J connectivity index is 3.25. The molecule has 14 heavy (non-hydrogen) atoms. The molecule has 0 aromatic heterocycles. The number of hydrogen-bond acceptors (Lipinski definition) is 1. The van der Waals surface area contributed by atoms with Crippen LogP contribution in [0.5, 0.6) is 0 Å². The predicted molar refractivity (Wildman–Crippen MR) is 56.0 cm³/mol. The van der Waals surface area contributed by atoms with Gasteiger partial charge in [0.15, 0.2) is 0 Å². The molecule has 1 aromatic rings. The van der Waals surface area contributed by atoms with Gasteiger partial charge in [0.2, 0.25) is 0 Å². The molecule has 0 aliphatic heterocycles. The minimum Gasteiger partial charge on any atom is -0.388 e. The monoisotopic (exact) mass is 216 g/mol. The lowest BCUT2D eigenvalue weighted by Crippen LogP contribution is -2.02. The third-order valence-electron chi connectivity index (χ3n) is 2.31. The third-order valence-corrected chi connectivity index (χ3v) is 2.75. The number of benzene rings is 1. The van der Waals surface area contributed by atoms with E-state index in [1.165, 1.54) is 6.07 Å². The molecule has 0 saturated carbocycles. The average molecular weight is 217 g/mol. The molecule has 3 heteroatoms. The summed E-state index contributed by atoms with van der Waals surface area (Å²) in [5.74, 6) is -0.429. The molecule has 1 nitrogen and oxygen atoms in total. The second-order valence-corrected chi connectivity index (χ2v) is 3.59. The summed E-state index contributed by atoms with van der Waals surface area (Å²) in [6, 6.07) is 3.02. The molecule has 1 N–H and O–H groups in total. The number of aryl methyl sites for hydroxylation is 1. The Kier molecular flexibility index (Phi) is 3.90. The van der Waals surface area contributed by atoms with Gasteiger partial charge in [0.05, 0.1) is 11.1 Å². The van der Waals surface area contributed by atoms with Crippen molar-refractivity contribution >= 4 is 11.6 Å². The fraction of sp³-hybridized carbons (Fsp3) is 0.455. The maximum Gasteiger partial charge on any atom is 0.130 e. The summed E-state index contributed by atoms with van der Waals surface area (Å²) >= 11 is 5.99. The van der Waals surface area contributed by atoms with Crippen LogP contribution in [0.4, 0.5) is 4.39 Å². The molecule has 0 spiro atoms. The summed E-state index contributed by atoms with van der Waals surface area (Å²) in [6.45, 7) is 3.74. The van der Waals surface area contributed by atoms with E-state index >= 15 is 0 Å². The second kappa shape index (κ2) is 4.76. The normalized spacial score (nSPS) is 12.9. The Hall–Kier alpha value is -0.600.